The number of carbonyl (C=O) groups excluding carboxylic acids is 1. The molecule has 3 aromatic carbocycles. The first kappa shape index (κ1) is 20.4. The molecule has 1 N–H and O–H groups in total. The number of hydrogen-bond acceptors (Lipinski definition) is 4. The van der Waals surface area contributed by atoms with E-state index in [1.165, 1.54) is 19.2 Å². The summed E-state index contributed by atoms with van der Waals surface area (Å²) in [5, 5.41) is 2.73. The number of ether oxygens (including phenoxy) is 1. The normalized spacial score (nSPS) is 11.0. The second-order valence-electron chi connectivity index (χ2n) is 6.44. The first-order chi connectivity index (χ1) is 13.9. The van der Waals surface area contributed by atoms with E-state index in [4.69, 9.17) is 4.74 Å². The van der Waals surface area contributed by atoms with Gasteiger partial charge < -0.3 is 10.1 Å². The van der Waals surface area contributed by atoms with Crippen LogP contribution in [0.1, 0.15) is 5.56 Å². The fraction of sp³-hybridized carbons (Fsp3) is 0.136. The maximum Gasteiger partial charge on any atom is 0.264 e. The molecule has 29 heavy (non-hydrogen) atoms. The van der Waals surface area contributed by atoms with E-state index in [1.54, 1.807) is 60.7 Å². The van der Waals surface area contributed by atoms with Gasteiger partial charge in [-0.2, -0.15) is 0 Å². The Hall–Kier alpha value is -3.32. The number of methoxy groups -OCH3 is 1. The van der Waals surface area contributed by atoms with Gasteiger partial charge in [0.1, 0.15) is 12.3 Å². The number of benzene rings is 3. The van der Waals surface area contributed by atoms with Crippen LogP contribution in [0.3, 0.4) is 0 Å². The number of nitrogens with zero attached hydrogens (tertiary/aromatic N) is 1. The fourth-order valence-corrected chi connectivity index (χ4v) is 4.28. The van der Waals surface area contributed by atoms with Gasteiger partial charge in [0.05, 0.1) is 17.7 Å². The molecular weight excluding hydrogens is 388 g/mol. The van der Waals surface area contributed by atoms with Crippen molar-refractivity contribution in [2.45, 2.75) is 11.8 Å². The molecule has 1 amide bonds. The van der Waals surface area contributed by atoms with Crippen LogP contribution in [0.15, 0.2) is 83.8 Å². The molecule has 0 heterocycles. The Morgan fingerprint density at radius 1 is 0.966 bits per heavy atom. The van der Waals surface area contributed by atoms with E-state index < -0.39 is 15.9 Å². The van der Waals surface area contributed by atoms with Crippen molar-refractivity contribution in [3.63, 3.8) is 0 Å². The lowest BCUT2D eigenvalue weighted by Gasteiger charge is -2.24. The Labute approximate surface area is 170 Å². The second-order valence-corrected chi connectivity index (χ2v) is 8.31. The van der Waals surface area contributed by atoms with Crippen LogP contribution in [-0.2, 0) is 14.8 Å². The summed E-state index contributed by atoms with van der Waals surface area (Å²) >= 11 is 0. The fourth-order valence-electron chi connectivity index (χ4n) is 2.85. The number of carbonyl (C=O) groups is 1. The van der Waals surface area contributed by atoms with Gasteiger partial charge >= 0.3 is 0 Å². The lowest BCUT2D eigenvalue weighted by atomic mass is 10.2. The van der Waals surface area contributed by atoms with E-state index in [-0.39, 0.29) is 11.4 Å². The van der Waals surface area contributed by atoms with Crippen molar-refractivity contribution in [2.24, 2.45) is 0 Å². The minimum atomic E-state index is -3.92. The molecule has 0 saturated carbocycles. The summed E-state index contributed by atoms with van der Waals surface area (Å²) in [6, 6.07) is 22.0. The molecule has 0 aliphatic heterocycles. The second kappa shape index (κ2) is 8.79. The zero-order valence-electron chi connectivity index (χ0n) is 16.2. The van der Waals surface area contributed by atoms with Crippen LogP contribution in [0.25, 0.3) is 0 Å². The van der Waals surface area contributed by atoms with Crippen molar-refractivity contribution >= 4 is 27.3 Å². The summed E-state index contributed by atoms with van der Waals surface area (Å²) in [4.78, 5) is 12.8. The van der Waals surface area contributed by atoms with E-state index in [2.05, 4.69) is 5.32 Å². The van der Waals surface area contributed by atoms with Crippen molar-refractivity contribution in [3.8, 4) is 5.75 Å². The predicted octanol–water partition coefficient (Wildman–Crippen LogP) is 3.84. The lowest BCUT2D eigenvalue weighted by molar-refractivity contribution is -0.114. The molecule has 0 unspecified atom stereocenters. The Morgan fingerprint density at radius 2 is 1.69 bits per heavy atom. The highest BCUT2D eigenvalue weighted by Gasteiger charge is 2.27. The lowest BCUT2D eigenvalue weighted by Crippen LogP contribution is -2.38. The Balaban J connectivity index is 1.92. The Bertz CT molecular complexity index is 1100. The third-order valence-corrected chi connectivity index (χ3v) is 6.05. The molecule has 0 saturated heterocycles. The number of nitrogens with one attached hydrogen (secondary N) is 1. The van der Waals surface area contributed by atoms with Crippen LogP contribution in [0.5, 0.6) is 5.75 Å². The average Bonchev–Trinajstić information content (AvgIpc) is 2.72. The number of aryl methyl sites for hydroxylation is 1. The van der Waals surface area contributed by atoms with Gasteiger partial charge in [0.15, 0.2) is 0 Å². The molecule has 0 fully saturated rings. The minimum absolute atomic E-state index is 0.121. The molecule has 3 aromatic rings. The van der Waals surface area contributed by atoms with Crippen molar-refractivity contribution in [2.75, 3.05) is 23.3 Å². The first-order valence-electron chi connectivity index (χ1n) is 8.98. The topological polar surface area (TPSA) is 75.7 Å². The molecule has 6 nitrogen and oxygen atoms in total. The molecule has 0 atom stereocenters. The van der Waals surface area contributed by atoms with Gasteiger partial charge in [-0.25, -0.2) is 8.42 Å². The van der Waals surface area contributed by atoms with Crippen molar-refractivity contribution in [3.05, 3.63) is 84.4 Å². The van der Waals surface area contributed by atoms with Gasteiger partial charge in [-0.05, 0) is 48.9 Å². The SMILES string of the molecule is COc1cccc(NC(=O)CN(c2cccc(C)c2)S(=O)(=O)c2ccccc2)c1. The summed E-state index contributed by atoms with van der Waals surface area (Å²) in [7, 11) is -2.39. The Morgan fingerprint density at radius 3 is 2.38 bits per heavy atom. The maximum absolute atomic E-state index is 13.3. The summed E-state index contributed by atoms with van der Waals surface area (Å²) in [6.07, 6.45) is 0. The number of sulfonamides is 1. The van der Waals surface area contributed by atoms with Crippen LogP contribution >= 0.6 is 0 Å². The van der Waals surface area contributed by atoms with Crippen molar-refractivity contribution in [1.82, 2.24) is 0 Å². The number of rotatable bonds is 7. The van der Waals surface area contributed by atoms with Crippen LogP contribution < -0.4 is 14.4 Å². The van der Waals surface area contributed by atoms with Crippen LogP contribution in [0.4, 0.5) is 11.4 Å². The highest BCUT2D eigenvalue weighted by molar-refractivity contribution is 7.92. The number of hydrogen-bond donors (Lipinski definition) is 1. The predicted molar refractivity (Wildman–Crippen MR) is 114 cm³/mol. The largest absolute Gasteiger partial charge is 0.497 e. The number of amides is 1. The van der Waals surface area contributed by atoms with Crippen LogP contribution in [0.2, 0.25) is 0 Å². The van der Waals surface area contributed by atoms with E-state index in [9.17, 15) is 13.2 Å². The monoisotopic (exact) mass is 410 g/mol. The van der Waals surface area contributed by atoms with E-state index in [1.807, 2.05) is 13.0 Å². The smallest absolute Gasteiger partial charge is 0.264 e. The molecule has 0 spiro atoms. The molecule has 7 heteroatoms. The standard InChI is InChI=1S/C22H22N2O4S/c1-17-8-6-10-19(14-17)24(29(26,27)21-12-4-3-5-13-21)16-22(25)23-18-9-7-11-20(15-18)28-2/h3-15H,16H2,1-2H3,(H,23,25). The summed E-state index contributed by atoms with van der Waals surface area (Å²) in [5.74, 6) is 0.134. The van der Waals surface area contributed by atoms with Gasteiger partial charge in [0.25, 0.3) is 10.0 Å². The molecule has 0 aliphatic rings. The molecule has 0 radical (unpaired) electrons. The van der Waals surface area contributed by atoms with Gasteiger partial charge in [-0.3, -0.25) is 9.10 Å². The van der Waals surface area contributed by atoms with Gasteiger partial charge in [0.2, 0.25) is 5.91 Å². The van der Waals surface area contributed by atoms with E-state index >= 15 is 0 Å². The molecule has 0 aromatic heterocycles. The average molecular weight is 410 g/mol. The van der Waals surface area contributed by atoms with Gasteiger partial charge in [0, 0.05) is 11.8 Å². The highest BCUT2D eigenvalue weighted by atomic mass is 32.2. The van der Waals surface area contributed by atoms with Crippen LogP contribution in [0, 0.1) is 6.92 Å². The van der Waals surface area contributed by atoms with Crippen LogP contribution in [-0.4, -0.2) is 28.0 Å². The zero-order valence-corrected chi connectivity index (χ0v) is 17.0. The van der Waals surface area contributed by atoms with E-state index in [0.717, 1.165) is 9.87 Å². The quantitative estimate of drug-likeness (QED) is 0.642. The van der Waals surface area contributed by atoms with Crippen molar-refractivity contribution in [1.29, 1.82) is 0 Å². The third kappa shape index (κ3) is 4.94. The Kier molecular flexibility index (Phi) is 6.19. The zero-order chi connectivity index (χ0) is 20.9. The molecule has 0 aliphatic carbocycles. The minimum Gasteiger partial charge on any atom is -0.497 e. The molecule has 3 rings (SSSR count). The number of anilines is 2. The molecule has 0 bridgehead atoms. The van der Waals surface area contributed by atoms with E-state index in [0.29, 0.717) is 17.1 Å². The van der Waals surface area contributed by atoms with Crippen molar-refractivity contribution < 1.29 is 17.9 Å². The van der Waals surface area contributed by atoms with Gasteiger partial charge in [-0.1, -0.05) is 36.4 Å². The summed E-state index contributed by atoms with van der Waals surface area (Å²) in [5.41, 5.74) is 1.84. The third-order valence-electron chi connectivity index (χ3n) is 4.26. The highest BCUT2D eigenvalue weighted by Crippen LogP contribution is 2.25. The summed E-state index contributed by atoms with van der Waals surface area (Å²) < 4.78 is 32.8. The maximum atomic E-state index is 13.3. The first-order valence-corrected chi connectivity index (χ1v) is 10.4. The van der Waals surface area contributed by atoms with Gasteiger partial charge in [-0.15, -0.1) is 0 Å². The summed E-state index contributed by atoms with van der Waals surface area (Å²) in [6.45, 7) is 1.50. The molecular formula is C22H22N2O4S. The molecule has 150 valence electrons.